The lowest BCUT2D eigenvalue weighted by Crippen LogP contribution is -2.35. The van der Waals surface area contributed by atoms with Crippen molar-refractivity contribution in [2.24, 2.45) is 0 Å². The molecule has 2 aromatic carbocycles. The number of anilines is 2. The predicted molar refractivity (Wildman–Crippen MR) is 126 cm³/mol. The van der Waals surface area contributed by atoms with Crippen molar-refractivity contribution in [3.63, 3.8) is 0 Å². The van der Waals surface area contributed by atoms with Crippen LogP contribution in [0.5, 0.6) is 5.75 Å². The van der Waals surface area contributed by atoms with Crippen molar-refractivity contribution in [3.8, 4) is 5.75 Å². The van der Waals surface area contributed by atoms with Crippen LogP contribution in [0.25, 0.3) is 11.0 Å². The maximum absolute atomic E-state index is 13.3. The number of fused-ring (bicyclic) bond motifs is 1. The summed E-state index contributed by atoms with van der Waals surface area (Å²) in [6, 6.07) is 10.8. The minimum atomic E-state index is -1.07. The number of carbonyl (C=O) groups is 1. The molecule has 1 fully saturated rings. The fourth-order valence-corrected chi connectivity index (χ4v) is 3.94. The Balaban J connectivity index is 1.58. The van der Waals surface area contributed by atoms with Crippen LogP contribution >= 0.6 is 0 Å². The summed E-state index contributed by atoms with van der Waals surface area (Å²) in [5.74, 6) is 0.571. The summed E-state index contributed by atoms with van der Waals surface area (Å²) in [7, 11) is 0. The zero-order valence-electron chi connectivity index (χ0n) is 18.6. The van der Waals surface area contributed by atoms with E-state index < -0.39 is 16.6 Å². The number of non-ortho nitro benzene ring substituents is 1. The van der Waals surface area contributed by atoms with E-state index in [0.29, 0.717) is 30.0 Å². The molecule has 0 radical (unpaired) electrons. The van der Waals surface area contributed by atoms with E-state index in [2.05, 4.69) is 10.3 Å². The third kappa shape index (κ3) is 5.15. The number of nitro benzene ring substituents is 1. The summed E-state index contributed by atoms with van der Waals surface area (Å²) in [5, 5.41) is 24.6. The molecule has 2 N–H and O–H groups in total. The van der Waals surface area contributed by atoms with Gasteiger partial charge in [0.25, 0.3) is 11.2 Å². The standard InChI is InChI=1S/C23H25N5O6/c1-15(29)24-16-4-7-19(8-5-16)34-14-18(30)13-27-21-12-17(28(32)33)6-9-20(21)25-22(23(27)31)26-10-2-3-11-26/h4-9,12,18,30H,2-3,10-11,13-14H2,1H3,(H,24,29). The molecule has 1 aromatic heterocycles. The number of nitrogens with zero attached hydrogens (tertiary/aromatic N) is 4. The third-order valence-electron chi connectivity index (χ3n) is 5.54. The van der Waals surface area contributed by atoms with Gasteiger partial charge in [0, 0.05) is 37.8 Å². The second-order valence-corrected chi connectivity index (χ2v) is 8.15. The van der Waals surface area contributed by atoms with Crippen LogP contribution in [0.1, 0.15) is 19.8 Å². The molecule has 1 unspecified atom stereocenters. The van der Waals surface area contributed by atoms with Gasteiger partial charge in [0.1, 0.15) is 18.5 Å². The summed E-state index contributed by atoms with van der Waals surface area (Å²) >= 11 is 0. The minimum Gasteiger partial charge on any atom is -0.491 e. The molecule has 0 spiro atoms. The first-order chi connectivity index (χ1) is 16.3. The van der Waals surface area contributed by atoms with E-state index >= 15 is 0 Å². The summed E-state index contributed by atoms with van der Waals surface area (Å²) in [6.45, 7) is 2.60. The summed E-state index contributed by atoms with van der Waals surface area (Å²) in [5.41, 5.74) is 0.760. The Morgan fingerprint density at radius 2 is 1.94 bits per heavy atom. The molecule has 0 aliphatic carbocycles. The van der Waals surface area contributed by atoms with Gasteiger partial charge in [-0.2, -0.15) is 0 Å². The topological polar surface area (TPSA) is 140 Å². The van der Waals surface area contributed by atoms with E-state index in [1.807, 2.05) is 4.90 Å². The summed E-state index contributed by atoms with van der Waals surface area (Å²) in [4.78, 5) is 41.5. The van der Waals surface area contributed by atoms with Gasteiger partial charge in [0.05, 0.1) is 22.5 Å². The first kappa shape index (κ1) is 23.2. The van der Waals surface area contributed by atoms with Crippen LogP contribution in [0.4, 0.5) is 17.2 Å². The van der Waals surface area contributed by atoms with E-state index in [1.165, 1.54) is 29.7 Å². The third-order valence-corrected chi connectivity index (χ3v) is 5.54. The minimum absolute atomic E-state index is 0.107. The molecule has 178 valence electrons. The lowest BCUT2D eigenvalue weighted by molar-refractivity contribution is -0.384. The average molecular weight is 467 g/mol. The summed E-state index contributed by atoms with van der Waals surface area (Å²) in [6.07, 6.45) is 0.844. The maximum Gasteiger partial charge on any atom is 0.294 e. The van der Waals surface area contributed by atoms with Gasteiger partial charge in [-0.25, -0.2) is 4.98 Å². The molecule has 3 aromatic rings. The molecule has 2 heterocycles. The van der Waals surface area contributed by atoms with Gasteiger partial charge in [-0.15, -0.1) is 0 Å². The number of hydrogen-bond donors (Lipinski definition) is 2. The van der Waals surface area contributed by atoms with E-state index in [4.69, 9.17) is 4.74 Å². The van der Waals surface area contributed by atoms with E-state index in [9.17, 15) is 24.8 Å². The number of hydrogen-bond acceptors (Lipinski definition) is 8. The Morgan fingerprint density at radius 3 is 2.59 bits per heavy atom. The number of ether oxygens (including phenoxy) is 1. The number of rotatable bonds is 8. The largest absolute Gasteiger partial charge is 0.491 e. The van der Waals surface area contributed by atoms with Crippen molar-refractivity contribution in [1.82, 2.24) is 9.55 Å². The highest BCUT2D eigenvalue weighted by Gasteiger charge is 2.22. The maximum atomic E-state index is 13.3. The number of amides is 1. The molecule has 0 bridgehead atoms. The van der Waals surface area contributed by atoms with Gasteiger partial charge in [0.2, 0.25) is 5.91 Å². The highest BCUT2D eigenvalue weighted by atomic mass is 16.6. The number of nitrogens with one attached hydrogen (secondary N) is 1. The van der Waals surface area contributed by atoms with Crippen molar-refractivity contribution in [3.05, 3.63) is 62.9 Å². The van der Waals surface area contributed by atoms with Crippen LogP contribution in [0, 0.1) is 10.1 Å². The van der Waals surface area contributed by atoms with Gasteiger partial charge in [-0.05, 0) is 43.2 Å². The van der Waals surface area contributed by atoms with Crippen LogP contribution in [-0.4, -0.2) is 51.3 Å². The Hall–Kier alpha value is -3.99. The Labute approximate surface area is 194 Å². The number of aliphatic hydroxyl groups excluding tert-OH is 1. The molecule has 1 saturated heterocycles. The fraction of sp³-hybridized carbons (Fsp3) is 0.348. The van der Waals surface area contributed by atoms with Crippen molar-refractivity contribution in [2.75, 3.05) is 29.9 Å². The van der Waals surface area contributed by atoms with Crippen molar-refractivity contribution in [2.45, 2.75) is 32.4 Å². The molecule has 4 rings (SSSR count). The van der Waals surface area contributed by atoms with Gasteiger partial charge >= 0.3 is 0 Å². The van der Waals surface area contributed by atoms with Crippen LogP contribution in [-0.2, 0) is 11.3 Å². The van der Waals surface area contributed by atoms with Gasteiger partial charge < -0.3 is 24.6 Å². The Bertz CT molecular complexity index is 1270. The number of carbonyl (C=O) groups excluding carboxylic acids is 1. The quantitative estimate of drug-likeness (QED) is 0.380. The highest BCUT2D eigenvalue weighted by molar-refractivity contribution is 5.88. The molecule has 1 atom stereocenters. The number of benzene rings is 2. The zero-order chi connectivity index (χ0) is 24.2. The van der Waals surface area contributed by atoms with Crippen LogP contribution in [0.15, 0.2) is 47.3 Å². The van der Waals surface area contributed by atoms with Crippen molar-refractivity contribution < 1.29 is 19.6 Å². The first-order valence-electron chi connectivity index (χ1n) is 10.9. The van der Waals surface area contributed by atoms with Crippen LogP contribution in [0.2, 0.25) is 0 Å². The summed E-state index contributed by atoms with van der Waals surface area (Å²) < 4.78 is 6.96. The average Bonchev–Trinajstić information content (AvgIpc) is 3.34. The Kier molecular flexibility index (Phi) is 6.73. The highest BCUT2D eigenvalue weighted by Crippen LogP contribution is 2.23. The predicted octanol–water partition coefficient (Wildman–Crippen LogP) is 2.30. The van der Waals surface area contributed by atoms with Crippen molar-refractivity contribution in [1.29, 1.82) is 0 Å². The lowest BCUT2D eigenvalue weighted by atomic mass is 10.2. The molecule has 1 aliphatic heterocycles. The molecule has 11 heteroatoms. The zero-order valence-corrected chi connectivity index (χ0v) is 18.6. The molecule has 11 nitrogen and oxygen atoms in total. The van der Waals surface area contributed by atoms with Gasteiger partial charge in [0.15, 0.2) is 5.82 Å². The molecule has 1 aliphatic rings. The monoisotopic (exact) mass is 467 g/mol. The van der Waals surface area contributed by atoms with Gasteiger partial charge in [-0.1, -0.05) is 0 Å². The SMILES string of the molecule is CC(=O)Nc1ccc(OCC(O)Cn2c(=O)c(N3CCCC3)nc3ccc([N+](=O)[O-])cc32)cc1. The Morgan fingerprint density at radius 1 is 1.24 bits per heavy atom. The molecular formula is C23H25N5O6. The van der Waals surface area contributed by atoms with Crippen LogP contribution < -0.4 is 20.5 Å². The second-order valence-electron chi connectivity index (χ2n) is 8.15. The van der Waals surface area contributed by atoms with E-state index in [0.717, 1.165) is 12.8 Å². The molecular weight excluding hydrogens is 442 g/mol. The number of nitro groups is 1. The van der Waals surface area contributed by atoms with Crippen molar-refractivity contribution >= 4 is 34.1 Å². The van der Waals surface area contributed by atoms with E-state index in [1.54, 1.807) is 24.3 Å². The van der Waals surface area contributed by atoms with Gasteiger partial charge in [-0.3, -0.25) is 19.7 Å². The first-order valence-corrected chi connectivity index (χ1v) is 10.9. The normalized spacial score (nSPS) is 14.2. The number of aliphatic hydroxyl groups is 1. The molecule has 0 saturated carbocycles. The molecule has 34 heavy (non-hydrogen) atoms. The second kappa shape index (κ2) is 9.87. The van der Waals surface area contributed by atoms with E-state index in [-0.39, 0.29) is 36.1 Å². The smallest absolute Gasteiger partial charge is 0.294 e. The fourth-order valence-electron chi connectivity index (χ4n) is 3.94. The van der Waals surface area contributed by atoms with Crippen LogP contribution in [0.3, 0.4) is 0 Å². The molecule has 1 amide bonds. The number of aromatic nitrogens is 2. The lowest BCUT2D eigenvalue weighted by Gasteiger charge is -2.20.